The molecule has 26 heavy (non-hydrogen) atoms. The topological polar surface area (TPSA) is 63.5 Å². The summed E-state index contributed by atoms with van der Waals surface area (Å²) in [6.07, 6.45) is 2.35. The Morgan fingerprint density at radius 1 is 1.27 bits per heavy atom. The lowest BCUT2D eigenvalue weighted by atomic mass is 10.1. The summed E-state index contributed by atoms with van der Waals surface area (Å²) in [4.78, 5) is 23.9. The standard InChI is InChI=1S/C20H23N5O/c1-23(2)19-11-17(16-5-3-4-6-18(16)22-19)20(26)24-9-10-25(14-7-8-14)15(12-21)13-24/h3-6,11,14-15H,7-10,13H2,1-2H3. The molecule has 1 saturated carbocycles. The summed E-state index contributed by atoms with van der Waals surface area (Å²) in [5.41, 5.74) is 1.48. The van der Waals surface area contributed by atoms with Crippen LogP contribution in [-0.2, 0) is 0 Å². The van der Waals surface area contributed by atoms with Crippen molar-refractivity contribution in [3.8, 4) is 6.07 Å². The minimum absolute atomic E-state index is 0.0117. The van der Waals surface area contributed by atoms with Crippen LogP contribution < -0.4 is 4.90 Å². The highest BCUT2D eigenvalue weighted by atomic mass is 16.2. The summed E-state index contributed by atoms with van der Waals surface area (Å²) in [6, 6.07) is 12.3. The Balaban J connectivity index is 1.66. The molecule has 6 nitrogen and oxygen atoms in total. The van der Waals surface area contributed by atoms with Gasteiger partial charge in [-0.1, -0.05) is 18.2 Å². The molecule has 2 aliphatic rings. The number of para-hydroxylation sites is 1. The van der Waals surface area contributed by atoms with E-state index >= 15 is 0 Å². The number of fused-ring (bicyclic) bond motifs is 1. The third-order valence-electron chi connectivity index (χ3n) is 5.27. The Morgan fingerprint density at radius 2 is 2.04 bits per heavy atom. The molecule has 1 amide bonds. The van der Waals surface area contributed by atoms with Crippen LogP contribution >= 0.6 is 0 Å². The fraction of sp³-hybridized carbons (Fsp3) is 0.450. The summed E-state index contributed by atoms with van der Waals surface area (Å²) in [6.45, 7) is 1.92. The van der Waals surface area contributed by atoms with Crippen LogP contribution in [0, 0.1) is 11.3 Å². The van der Waals surface area contributed by atoms with Gasteiger partial charge in [0.1, 0.15) is 11.9 Å². The molecule has 0 N–H and O–H groups in total. The van der Waals surface area contributed by atoms with E-state index in [1.165, 1.54) is 12.8 Å². The van der Waals surface area contributed by atoms with Gasteiger partial charge in [0.05, 0.1) is 17.1 Å². The van der Waals surface area contributed by atoms with Crippen molar-refractivity contribution in [2.45, 2.75) is 24.9 Å². The van der Waals surface area contributed by atoms with Gasteiger partial charge in [0.2, 0.25) is 0 Å². The number of rotatable bonds is 3. The van der Waals surface area contributed by atoms with Gasteiger partial charge in [0, 0.05) is 45.2 Å². The number of nitrogens with zero attached hydrogens (tertiary/aromatic N) is 5. The van der Waals surface area contributed by atoms with Gasteiger partial charge in [-0.15, -0.1) is 0 Å². The minimum Gasteiger partial charge on any atom is -0.363 e. The van der Waals surface area contributed by atoms with E-state index in [0.717, 1.165) is 23.3 Å². The quantitative estimate of drug-likeness (QED) is 0.849. The lowest BCUT2D eigenvalue weighted by Gasteiger charge is -2.38. The largest absolute Gasteiger partial charge is 0.363 e. The molecule has 1 saturated heterocycles. The Bertz CT molecular complexity index is 883. The van der Waals surface area contributed by atoms with Gasteiger partial charge < -0.3 is 9.80 Å². The molecule has 0 spiro atoms. The molecule has 1 atom stereocenters. The molecule has 1 unspecified atom stereocenters. The Labute approximate surface area is 153 Å². The number of piperazine rings is 1. The predicted octanol–water partition coefficient (Wildman–Crippen LogP) is 2.11. The maximum Gasteiger partial charge on any atom is 0.254 e. The van der Waals surface area contributed by atoms with E-state index in [9.17, 15) is 10.1 Å². The van der Waals surface area contributed by atoms with E-state index in [2.05, 4.69) is 16.0 Å². The number of hydrogen-bond acceptors (Lipinski definition) is 5. The van der Waals surface area contributed by atoms with Crippen molar-refractivity contribution >= 4 is 22.6 Å². The molecule has 1 aromatic heterocycles. The lowest BCUT2D eigenvalue weighted by molar-refractivity contribution is 0.0552. The van der Waals surface area contributed by atoms with Crippen molar-refractivity contribution in [3.63, 3.8) is 0 Å². The van der Waals surface area contributed by atoms with Crippen LogP contribution in [0.15, 0.2) is 30.3 Å². The second-order valence-electron chi connectivity index (χ2n) is 7.30. The van der Waals surface area contributed by atoms with Gasteiger partial charge in [0.15, 0.2) is 0 Å². The summed E-state index contributed by atoms with van der Waals surface area (Å²) < 4.78 is 0. The summed E-state index contributed by atoms with van der Waals surface area (Å²) in [5.74, 6) is 0.753. The zero-order valence-electron chi connectivity index (χ0n) is 15.2. The van der Waals surface area contributed by atoms with E-state index in [1.54, 1.807) is 0 Å². The van der Waals surface area contributed by atoms with Crippen molar-refractivity contribution < 1.29 is 4.79 Å². The molecule has 2 fully saturated rings. The smallest absolute Gasteiger partial charge is 0.254 e. The SMILES string of the molecule is CN(C)c1cc(C(=O)N2CCN(C3CC3)C(C#N)C2)c2ccccc2n1. The average Bonchev–Trinajstić information content (AvgIpc) is 3.51. The highest BCUT2D eigenvalue weighted by Gasteiger charge is 2.38. The number of benzene rings is 1. The monoisotopic (exact) mass is 349 g/mol. The van der Waals surface area contributed by atoms with Gasteiger partial charge in [-0.2, -0.15) is 5.26 Å². The molecule has 0 bridgehead atoms. The maximum absolute atomic E-state index is 13.3. The van der Waals surface area contributed by atoms with Crippen molar-refractivity contribution in [1.82, 2.24) is 14.8 Å². The zero-order chi connectivity index (χ0) is 18.3. The van der Waals surface area contributed by atoms with Crippen molar-refractivity contribution in [2.75, 3.05) is 38.6 Å². The number of anilines is 1. The second-order valence-corrected chi connectivity index (χ2v) is 7.30. The fourth-order valence-corrected chi connectivity index (χ4v) is 3.68. The molecule has 4 rings (SSSR count). The normalized spacial score (nSPS) is 20.8. The van der Waals surface area contributed by atoms with E-state index in [-0.39, 0.29) is 11.9 Å². The van der Waals surface area contributed by atoms with Crippen LogP contribution in [0.1, 0.15) is 23.2 Å². The Morgan fingerprint density at radius 3 is 2.73 bits per heavy atom. The third-order valence-corrected chi connectivity index (χ3v) is 5.27. The van der Waals surface area contributed by atoms with Gasteiger partial charge in [-0.05, 0) is 25.0 Å². The molecule has 1 aliphatic carbocycles. The summed E-state index contributed by atoms with van der Waals surface area (Å²) in [7, 11) is 3.84. The number of hydrogen-bond donors (Lipinski definition) is 0. The van der Waals surface area contributed by atoms with Gasteiger partial charge >= 0.3 is 0 Å². The Hall–Kier alpha value is -2.65. The molecule has 6 heteroatoms. The first-order chi connectivity index (χ1) is 12.6. The van der Waals surface area contributed by atoms with Gasteiger partial charge in [-0.3, -0.25) is 9.69 Å². The lowest BCUT2D eigenvalue weighted by Crippen LogP contribution is -2.54. The first-order valence-electron chi connectivity index (χ1n) is 9.10. The van der Waals surface area contributed by atoms with E-state index in [4.69, 9.17) is 0 Å². The number of pyridine rings is 1. The van der Waals surface area contributed by atoms with Crippen LogP contribution in [0.5, 0.6) is 0 Å². The van der Waals surface area contributed by atoms with Crippen LogP contribution in [0.4, 0.5) is 5.82 Å². The number of nitriles is 1. The summed E-state index contributed by atoms with van der Waals surface area (Å²) >= 11 is 0. The first kappa shape index (κ1) is 16.8. The van der Waals surface area contributed by atoms with E-state index in [1.807, 2.05) is 54.2 Å². The first-order valence-corrected chi connectivity index (χ1v) is 9.10. The number of amides is 1. The molecule has 2 heterocycles. The maximum atomic E-state index is 13.3. The predicted molar refractivity (Wildman–Crippen MR) is 101 cm³/mol. The fourth-order valence-electron chi connectivity index (χ4n) is 3.68. The van der Waals surface area contributed by atoms with Crippen molar-refractivity contribution in [2.24, 2.45) is 0 Å². The van der Waals surface area contributed by atoms with Crippen LogP contribution in [0.2, 0.25) is 0 Å². The molecule has 2 aromatic rings. The second kappa shape index (κ2) is 6.58. The molecular formula is C20H23N5O. The van der Waals surface area contributed by atoms with Gasteiger partial charge in [-0.25, -0.2) is 4.98 Å². The number of carbonyl (C=O) groups is 1. The number of aromatic nitrogens is 1. The van der Waals surface area contributed by atoms with Gasteiger partial charge in [0.25, 0.3) is 5.91 Å². The number of carbonyl (C=O) groups excluding carboxylic acids is 1. The van der Waals surface area contributed by atoms with E-state index in [0.29, 0.717) is 24.7 Å². The van der Waals surface area contributed by atoms with Crippen molar-refractivity contribution in [1.29, 1.82) is 5.26 Å². The molecule has 1 aliphatic heterocycles. The average molecular weight is 349 g/mol. The highest BCUT2D eigenvalue weighted by Crippen LogP contribution is 2.31. The van der Waals surface area contributed by atoms with Crippen molar-refractivity contribution in [3.05, 3.63) is 35.9 Å². The minimum atomic E-state index is -0.207. The zero-order valence-corrected chi connectivity index (χ0v) is 15.2. The van der Waals surface area contributed by atoms with Crippen LogP contribution in [0.25, 0.3) is 10.9 Å². The highest BCUT2D eigenvalue weighted by molar-refractivity contribution is 6.07. The van der Waals surface area contributed by atoms with Crippen LogP contribution in [0.3, 0.4) is 0 Å². The molecule has 1 aromatic carbocycles. The summed E-state index contributed by atoms with van der Waals surface area (Å²) in [5, 5.41) is 10.4. The van der Waals surface area contributed by atoms with E-state index < -0.39 is 0 Å². The molecular weight excluding hydrogens is 326 g/mol. The molecule has 134 valence electrons. The third kappa shape index (κ3) is 2.99. The molecule has 0 radical (unpaired) electrons. The Kier molecular flexibility index (Phi) is 4.25. The van der Waals surface area contributed by atoms with Crippen LogP contribution in [-0.4, -0.2) is 66.5 Å².